The van der Waals surface area contributed by atoms with Gasteiger partial charge in [0.25, 0.3) is 0 Å². The van der Waals surface area contributed by atoms with E-state index in [9.17, 15) is 14.3 Å². The summed E-state index contributed by atoms with van der Waals surface area (Å²) in [6.45, 7) is 5.81. The summed E-state index contributed by atoms with van der Waals surface area (Å²) in [7, 11) is -0.204. The average molecular weight is 654 g/mol. The Morgan fingerprint density at radius 1 is 0.756 bits per heavy atom. The number of benzene rings is 1. The molecule has 8 heteroatoms. The maximum Gasteiger partial charge on any atom is 0.472 e. The molecule has 262 valence electrons. The Kier molecular flexibility index (Phi) is 25.8. The minimum absolute atomic E-state index is 0.0231. The van der Waals surface area contributed by atoms with E-state index in [0.717, 1.165) is 30.7 Å². The van der Waals surface area contributed by atoms with Crippen LogP contribution in [0.3, 0.4) is 0 Å². The molecule has 7 nitrogen and oxygen atoms in total. The third kappa shape index (κ3) is 24.6. The number of rotatable bonds is 32. The van der Waals surface area contributed by atoms with Crippen LogP contribution < -0.4 is 4.74 Å². The van der Waals surface area contributed by atoms with E-state index in [0.29, 0.717) is 25.9 Å². The Hall–Kier alpha value is -1.24. The van der Waals surface area contributed by atoms with Gasteiger partial charge in [0, 0.05) is 12.8 Å². The monoisotopic (exact) mass is 653 g/mol. The number of para-hydroxylation sites is 1. The molecular weight excluding hydrogens is 585 g/mol. The highest BCUT2D eigenvalue weighted by molar-refractivity contribution is 7.47. The van der Waals surface area contributed by atoms with Gasteiger partial charge >= 0.3 is 7.82 Å². The Bertz CT molecular complexity index is 895. The van der Waals surface area contributed by atoms with Crippen LogP contribution in [0.2, 0.25) is 0 Å². The van der Waals surface area contributed by atoms with Crippen molar-refractivity contribution in [2.45, 2.75) is 149 Å². The van der Waals surface area contributed by atoms with Gasteiger partial charge in [0.15, 0.2) is 0 Å². The summed E-state index contributed by atoms with van der Waals surface area (Å²) in [5, 5.41) is 0. The SMILES string of the molecule is CCCCCCCCCCCCCCCCCCOc1ccccc1CC(COP(=O)(O)OCCCCN(C)C)CC(=O)CC. The van der Waals surface area contributed by atoms with Crippen molar-refractivity contribution in [1.29, 1.82) is 0 Å². The molecule has 1 aromatic rings. The molecule has 0 aromatic heterocycles. The van der Waals surface area contributed by atoms with Crippen molar-refractivity contribution in [2.75, 3.05) is 40.5 Å². The number of carbonyl (C=O) groups excluding carboxylic acids is 1. The number of unbranched alkanes of at least 4 members (excludes halogenated alkanes) is 16. The minimum atomic E-state index is -4.18. The molecule has 45 heavy (non-hydrogen) atoms. The fourth-order valence-corrected chi connectivity index (χ4v) is 6.39. The molecular formula is C37H68NO6P. The Labute approximate surface area is 276 Å². The van der Waals surface area contributed by atoms with Gasteiger partial charge in [0.05, 0.1) is 19.8 Å². The topological polar surface area (TPSA) is 85.3 Å². The maximum absolute atomic E-state index is 12.5. The Morgan fingerprint density at radius 3 is 1.84 bits per heavy atom. The summed E-state index contributed by atoms with van der Waals surface area (Å²) >= 11 is 0. The van der Waals surface area contributed by atoms with Gasteiger partial charge in [0.2, 0.25) is 0 Å². The number of phosphoric acid groups is 1. The fourth-order valence-electron chi connectivity index (χ4n) is 5.56. The lowest BCUT2D eigenvalue weighted by atomic mass is 9.94. The number of nitrogens with zero attached hydrogens (tertiary/aromatic N) is 1. The molecule has 0 amide bonds. The lowest BCUT2D eigenvalue weighted by molar-refractivity contribution is -0.120. The summed E-state index contributed by atoms with van der Waals surface area (Å²) in [6.07, 6.45) is 24.2. The highest BCUT2D eigenvalue weighted by Crippen LogP contribution is 2.44. The molecule has 1 aromatic carbocycles. The smallest absolute Gasteiger partial charge is 0.472 e. The van der Waals surface area contributed by atoms with Gasteiger partial charge in [-0.3, -0.25) is 13.8 Å². The first-order valence-electron chi connectivity index (χ1n) is 18.3. The maximum atomic E-state index is 12.5. The molecule has 0 spiro atoms. The van der Waals surface area contributed by atoms with Crippen molar-refractivity contribution in [3.05, 3.63) is 29.8 Å². The van der Waals surface area contributed by atoms with E-state index < -0.39 is 7.82 Å². The molecule has 0 bridgehead atoms. The quantitative estimate of drug-likeness (QED) is 0.0612. The van der Waals surface area contributed by atoms with Gasteiger partial charge < -0.3 is 14.5 Å². The number of ketones is 1. The van der Waals surface area contributed by atoms with Crippen LogP contribution >= 0.6 is 7.82 Å². The van der Waals surface area contributed by atoms with Gasteiger partial charge in [-0.25, -0.2) is 4.57 Å². The van der Waals surface area contributed by atoms with Crippen LogP contribution in [0.4, 0.5) is 0 Å². The highest BCUT2D eigenvalue weighted by atomic mass is 31.2. The van der Waals surface area contributed by atoms with Gasteiger partial charge in [0.1, 0.15) is 11.5 Å². The second-order valence-corrected chi connectivity index (χ2v) is 14.5. The van der Waals surface area contributed by atoms with Crippen molar-refractivity contribution < 1.29 is 28.0 Å². The van der Waals surface area contributed by atoms with Crippen LogP contribution in [-0.2, 0) is 24.8 Å². The van der Waals surface area contributed by atoms with Crippen LogP contribution in [0.5, 0.6) is 5.75 Å². The summed E-state index contributed by atoms with van der Waals surface area (Å²) in [6, 6.07) is 7.90. The zero-order valence-corrected chi connectivity index (χ0v) is 30.3. The predicted octanol–water partition coefficient (Wildman–Crippen LogP) is 10.3. The van der Waals surface area contributed by atoms with Crippen LogP contribution in [-0.4, -0.2) is 56.0 Å². The van der Waals surface area contributed by atoms with Crippen LogP contribution in [0.25, 0.3) is 0 Å². The number of hydrogen-bond donors (Lipinski definition) is 1. The summed E-state index contributed by atoms with van der Waals surface area (Å²) in [4.78, 5) is 24.6. The van der Waals surface area contributed by atoms with E-state index in [4.69, 9.17) is 13.8 Å². The molecule has 1 N–H and O–H groups in total. The largest absolute Gasteiger partial charge is 0.493 e. The van der Waals surface area contributed by atoms with Gasteiger partial charge in [-0.1, -0.05) is 128 Å². The van der Waals surface area contributed by atoms with Gasteiger partial charge in [-0.2, -0.15) is 0 Å². The third-order valence-corrected chi connectivity index (χ3v) is 9.36. The molecule has 0 radical (unpaired) electrons. The average Bonchev–Trinajstić information content (AvgIpc) is 3.01. The van der Waals surface area contributed by atoms with E-state index in [-0.39, 0.29) is 31.3 Å². The van der Waals surface area contributed by atoms with Crippen molar-refractivity contribution in [3.8, 4) is 5.75 Å². The van der Waals surface area contributed by atoms with Crippen LogP contribution in [0.1, 0.15) is 148 Å². The second kappa shape index (κ2) is 27.8. The molecule has 0 heterocycles. The molecule has 0 saturated heterocycles. The van der Waals surface area contributed by atoms with E-state index in [1.807, 2.05) is 45.3 Å². The van der Waals surface area contributed by atoms with Crippen molar-refractivity contribution in [1.82, 2.24) is 4.90 Å². The fraction of sp³-hybridized carbons (Fsp3) is 0.811. The van der Waals surface area contributed by atoms with Crippen LogP contribution in [0.15, 0.2) is 24.3 Å². The zero-order chi connectivity index (χ0) is 33.0. The van der Waals surface area contributed by atoms with Crippen molar-refractivity contribution in [2.24, 2.45) is 5.92 Å². The normalized spacial score (nSPS) is 13.6. The molecule has 0 aliphatic heterocycles. The summed E-state index contributed by atoms with van der Waals surface area (Å²) < 4.78 is 29.2. The number of carbonyl (C=O) groups is 1. The number of Topliss-reactive ketones (excluding diaryl/α,β-unsaturated/α-hetero) is 1. The first-order chi connectivity index (χ1) is 21.8. The second-order valence-electron chi connectivity index (χ2n) is 13.0. The third-order valence-electron chi connectivity index (χ3n) is 8.37. The first kappa shape index (κ1) is 41.8. The molecule has 0 saturated carbocycles. The molecule has 1 rings (SSSR count). The van der Waals surface area contributed by atoms with Gasteiger partial charge in [-0.15, -0.1) is 0 Å². The van der Waals surface area contributed by atoms with Crippen LogP contribution in [0, 0.1) is 5.92 Å². The summed E-state index contributed by atoms with van der Waals surface area (Å²) in [5.41, 5.74) is 0.990. The van der Waals surface area contributed by atoms with Gasteiger partial charge in [-0.05, 0) is 63.9 Å². The standard InChI is InChI=1S/C37H68NO6P/c1-5-7-8-9-10-11-12-13-14-15-16-17-18-19-20-24-29-42-37-27-22-21-26-35(37)31-34(32-36(39)6-2)33-44-45(40,41)43-30-25-23-28-38(3)4/h21-22,26-27,34H,5-20,23-25,28-33H2,1-4H3,(H,40,41). The van der Waals surface area contributed by atoms with E-state index in [1.54, 1.807) is 0 Å². The number of ether oxygens (including phenoxy) is 1. The Balaban J connectivity index is 2.31. The lowest BCUT2D eigenvalue weighted by Gasteiger charge is -2.20. The van der Waals surface area contributed by atoms with E-state index in [1.165, 1.54) is 96.3 Å². The number of hydrogen-bond acceptors (Lipinski definition) is 6. The molecule has 2 atom stereocenters. The molecule has 0 fully saturated rings. The minimum Gasteiger partial charge on any atom is -0.493 e. The first-order valence-corrected chi connectivity index (χ1v) is 19.8. The molecule has 0 aliphatic rings. The zero-order valence-electron chi connectivity index (χ0n) is 29.4. The summed E-state index contributed by atoms with van der Waals surface area (Å²) in [5.74, 6) is 0.680. The van der Waals surface area contributed by atoms with Crippen molar-refractivity contribution >= 4 is 13.6 Å². The predicted molar refractivity (Wildman–Crippen MR) is 188 cm³/mol. The lowest BCUT2D eigenvalue weighted by Crippen LogP contribution is -2.17. The Morgan fingerprint density at radius 2 is 1.29 bits per heavy atom. The highest BCUT2D eigenvalue weighted by Gasteiger charge is 2.25. The van der Waals surface area contributed by atoms with E-state index >= 15 is 0 Å². The molecule has 0 aliphatic carbocycles. The van der Waals surface area contributed by atoms with E-state index in [2.05, 4.69) is 11.8 Å². The number of phosphoric ester groups is 1. The molecule has 2 unspecified atom stereocenters. The van der Waals surface area contributed by atoms with Crippen molar-refractivity contribution in [3.63, 3.8) is 0 Å².